The first-order chi connectivity index (χ1) is 9.97. The van der Waals surface area contributed by atoms with E-state index in [0.29, 0.717) is 6.07 Å². The van der Waals surface area contributed by atoms with Gasteiger partial charge in [-0.05, 0) is 23.8 Å². The Morgan fingerprint density at radius 3 is 2.48 bits per heavy atom. The Bertz CT molecular complexity index is 686. The summed E-state index contributed by atoms with van der Waals surface area (Å²) in [5, 5.41) is 22.1. The standard InChI is InChI=1S/C14H11FN2O4/c15-13-7-10(17(20)21)3-6-12(13)14(19)16-8-9-1-4-11(18)5-2-9/h1-7,18H,8H2,(H,16,19). The average Bonchev–Trinajstić information content (AvgIpc) is 2.46. The molecule has 1 amide bonds. The van der Waals surface area contributed by atoms with Gasteiger partial charge in [0.25, 0.3) is 11.6 Å². The van der Waals surface area contributed by atoms with E-state index in [1.807, 2.05) is 0 Å². The highest BCUT2D eigenvalue weighted by atomic mass is 19.1. The van der Waals surface area contributed by atoms with Gasteiger partial charge in [0.1, 0.15) is 11.6 Å². The third-order valence-electron chi connectivity index (χ3n) is 2.80. The highest BCUT2D eigenvalue weighted by Gasteiger charge is 2.15. The molecule has 0 heterocycles. The minimum atomic E-state index is -0.951. The van der Waals surface area contributed by atoms with Crippen LogP contribution in [-0.4, -0.2) is 15.9 Å². The lowest BCUT2D eigenvalue weighted by Crippen LogP contribution is -2.23. The van der Waals surface area contributed by atoms with Crippen molar-refractivity contribution in [3.05, 3.63) is 69.5 Å². The van der Waals surface area contributed by atoms with Gasteiger partial charge in [0.05, 0.1) is 16.6 Å². The fourth-order valence-electron chi connectivity index (χ4n) is 1.69. The Labute approximate surface area is 119 Å². The van der Waals surface area contributed by atoms with Gasteiger partial charge < -0.3 is 10.4 Å². The van der Waals surface area contributed by atoms with Gasteiger partial charge in [-0.3, -0.25) is 14.9 Å². The number of nitro groups is 1. The second-order valence-electron chi connectivity index (χ2n) is 4.27. The van der Waals surface area contributed by atoms with E-state index < -0.39 is 22.3 Å². The normalized spacial score (nSPS) is 10.1. The molecule has 0 aliphatic carbocycles. The van der Waals surface area contributed by atoms with E-state index in [-0.39, 0.29) is 17.9 Å². The maximum atomic E-state index is 13.6. The Balaban J connectivity index is 2.06. The van der Waals surface area contributed by atoms with E-state index in [1.54, 1.807) is 12.1 Å². The van der Waals surface area contributed by atoms with Crippen molar-refractivity contribution in [1.29, 1.82) is 0 Å². The molecule has 0 aliphatic heterocycles. The van der Waals surface area contributed by atoms with Gasteiger partial charge in [-0.2, -0.15) is 0 Å². The number of nitrogens with one attached hydrogen (secondary N) is 1. The smallest absolute Gasteiger partial charge is 0.272 e. The van der Waals surface area contributed by atoms with Crippen LogP contribution in [0.1, 0.15) is 15.9 Å². The Kier molecular flexibility index (Phi) is 4.13. The molecule has 0 aliphatic rings. The predicted molar refractivity (Wildman–Crippen MR) is 72.3 cm³/mol. The molecule has 2 aromatic rings. The number of halogens is 1. The monoisotopic (exact) mass is 290 g/mol. The summed E-state index contributed by atoms with van der Waals surface area (Å²) in [6.07, 6.45) is 0. The summed E-state index contributed by atoms with van der Waals surface area (Å²) in [6, 6.07) is 9.00. The van der Waals surface area contributed by atoms with Crippen molar-refractivity contribution in [3.63, 3.8) is 0 Å². The Hall–Kier alpha value is -2.96. The number of carbonyl (C=O) groups excluding carboxylic acids is 1. The zero-order valence-corrected chi connectivity index (χ0v) is 10.7. The van der Waals surface area contributed by atoms with Gasteiger partial charge in [-0.25, -0.2) is 4.39 Å². The van der Waals surface area contributed by atoms with Crippen LogP contribution in [0.3, 0.4) is 0 Å². The van der Waals surface area contributed by atoms with Crippen molar-refractivity contribution in [3.8, 4) is 5.75 Å². The molecule has 2 N–H and O–H groups in total. The van der Waals surface area contributed by atoms with Crippen LogP contribution in [0.5, 0.6) is 5.75 Å². The van der Waals surface area contributed by atoms with Crippen LogP contribution in [-0.2, 0) is 6.54 Å². The zero-order valence-electron chi connectivity index (χ0n) is 10.7. The van der Waals surface area contributed by atoms with Gasteiger partial charge in [0, 0.05) is 12.6 Å². The van der Waals surface area contributed by atoms with E-state index >= 15 is 0 Å². The minimum Gasteiger partial charge on any atom is -0.508 e. The molecule has 6 nitrogen and oxygen atoms in total. The van der Waals surface area contributed by atoms with Crippen molar-refractivity contribution in [2.24, 2.45) is 0 Å². The van der Waals surface area contributed by atoms with Crippen molar-refractivity contribution in [2.45, 2.75) is 6.54 Å². The number of phenolic OH excluding ortho intramolecular Hbond substituents is 1. The van der Waals surface area contributed by atoms with Gasteiger partial charge in [0.15, 0.2) is 0 Å². The van der Waals surface area contributed by atoms with Crippen LogP contribution in [0, 0.1) is 15.9 Å². The first-order valence-electron chi connectivity index (χ1n) is 5.97. The maximum absolute atomic E-state index is 13.6. The molecule has 0 bridgehead atoms. The number of nitrogens with zero attached hydrogens (tertiary/aromatic N) is 1. The fourth-order valence-corrected chi connectivity index (χ4v) is 1.69. The number of nitro benzene ring substituents is 1. The molecule has 2 rings (SSSR count). The highest BCUT2D eigenvalue weighted by Crippen LogP contribution is 2.16. The number of hydrogen-bond donors (Lipinski definition) is 2. The molecule has 0 saturated carbocycles. The number of phenols is 1. The molecule has 108 valence electrons. The second kappa shape index (κ2) is 6.00. The molecule has 0 saturated heterocycles. The second-order valence-corrected chi connectivity index (χ2v) is 4.27. The summed E-state index contributed by atoms with van der Waals surface area (Å²) in [5.41, 5.74) is 0.0467. The third-order valence-corrected chi connectivity index (χ3v) is 2.80. The number of amides is 1. The summed E-state index contributed by atoms with van der Waals surface area (Å²) in [7, 11) is 0. The fraction of sp³-hybridized carbons (Fsp3) is 0.0714. The molecule has 7 heteroatoms. The molecule has 0 atom stereocenters. The first kappa shape index (κ1) is 14.4. The lowest BCUT2D eigenvalue weighted by atomic mass is 10.1. The lowest BCUT2D eigenvalue weighted by molar-refractivity contribution is -0.385. The number of non-ortho nitro benzene ring substituents is 1. The number of hydrogen-bond acceptors (Lipinski definition) is 4. The first-order valence-corrected chi connectivity index (χ1v) is 5.97. The lowest BCUT2D eigenvalue weighted by Gasteiger charge is -2.06. The summed E-state index contributed by atoms with van der Waals surface area (Å²) in [6.45, 7) is 0.148. The molecular weight excluding hydrogens is 279 g/mol. The molecule has 0 aromatic heterocycles. The molecule has 0 unspecified atom stereocenters. The van der Waals surface area contributed by atoms with Crippen molar-refractivity contribution in [2.75, 3.05) is 0 Å². The number of aromatic hydroxyl groups is 1. The number of rotatable bonds is 4. The predicted octanol–water partition coefficient (Wildman–Crippen LogP) is 2.37. The zero-order chi connectivity index (χ0) is 15.4. The van der Waals surface area contributed by atoms with Crippen LogP contribution >= 0.6 is 0 Å². The molecule has 0 radical (unpaired) electrons. The quantitative estimate of drug-likeness (QED) is 0.668. The van der Waals surface area contributed by atoms with E-state index in [0.717, 1.165) is 17.7 Å². The van der Waals surface area contributed by atoms with Gasteiger partial charge in [0.2, 0.25) is 0 Å². The van der Waals surface area contributed by atoms with Gasteiger partial charge >= 0.3 is 0 Å². The van der Waals surface area contributed by atoms with Crippen LogP contribution < -0.4 is 5.32 Å². The van der Waals surface area contributed by atoms with E-state index in [9.17, 15) is 19.3 Å². The van der Waals surface area contributed by atoms with Gasteiger partial charge in [-0.1, -0.05) is 12.1 Å². The van der Waals surface area contributed by atoms with E-state index in [2.05, 4.69) is 5.32 Å². The van der Waals surface area contributed by atoms with Crippen LogP contribution in [0.2, 0.25) is 0 Å². The SMILES string of the molecule is O=C(NCc1ccc(O)cc1)c1ccc([N+](=O)[O-])cc1F. The molecular formula is C14H11FN2O4. The van der Waals surface area contributed by atoms with Crippen molar-refractivity contribution in [1.82, 2.24) is 5.32 Å². The number of benzene rings is 2. The Morgan fingerprint density at radius 1 is 1.24 bits per heavy atom. The minimum absolute atomic E-state index is 0.103. The highest BCUT2D eigenvalue weighted by molar-refractivity contribution is 5.94. The molecule has 2 aromatic carbocycles. The molecule has 0 spiro atoms. The third kappa shape index (κ3) is 3.53. The largest absolute Gasteiger partial charge is 0.508 e. The summed E-state index contributed by atoms with van der Waals surface area (Å²) < 4.78 is 13.6. The van der Waals surface area contributed by atoms with Crippen LogP contribution in [0.4, 0.5) is 10.1 Å². The van der Waals surface area contributed by atoms with Crippen LogP contribution in [0.25, 0.3) is 0 Å². The molecule has 21 heavy (non-hydrogen) atoms. The maximum Gasteiger partial charge on any atom is 0.272 e. The topological polar surface area (TPSA) is 92.5 Å². The van der Waals surface area contributed by atoms with E-state index in [4.69, 9.17) is 5.11 Å². The summed E-state index contributed by atoms with van der Waals surface area (Å²) in [4.78, 5) is 21.6. The van der Waals surface area contributed by atoms with Crippen molar-refractivity contribution >= 4 is 11.6 Å². The van der Waals surface area contributed by atoms with Crippen molar-refractivity contribution < 1.29 is 19.2 Å². The summed E-state index contributed by atoms with van der Waals surface area (Å²) in [5.74, 6) is -1.52. The van der Waals surface area contributed by atoms with E-state index in [1.165, 1.54) is 12.1 Å². The van der Waals surface area contributed by atoms with Gasteiger partial charge in [-0.15, -0.1) is 0 Å². The molecule has 0 fully saturated rings. The number of carbonyl (C=O) groups is 1. The summed E-state index contributed by atoms with van der Waals surface area (Å²) >= 11 is 0. The Morgan fingerprint density at radius 2 is 1.90 bits per heavy atom. The average molecular weight is 290 g/mol. The van der Waals surface area contributed by atoms with Crippen LogP contribution in [0.15, 0.2) is 42.5 Å².